The maximum Gasteiger partial charge on any atom is 0.338 e. The molecule has 2 aromatic carbocycles. The van der Waals surface area contributed by atoms with E-state index < -0.39 is 23.9 Å². The van der Waals surface area contributed by atoms with Crippen LogP contribution in [0, 0.1) is 0 Å². The van der Waals surface area contributed by atoms with E-state index in [1.54, 1.807) is 30.5 Å². The van der Waals surface area contributed by atoms with Crippen LogP contribution >= 0.6 is 11.3 Å². The fourth-order valence-electron chi connectivity index (χ4n) is 3.16. The number of aromatic amines is 1. The molecule has 0 aliphatic heterocycles. The van der Waals surface area contributed by atoms with Crippen LogP contribution in [0.4, 0.5) is 5.13 Å². The third-order valence-electron chi connectivity index (χ3n) is 4.83. The van der Waals surface area contributed by atoms with Crippen molar-refractivity contribution in [1.82, 2.24) is 15.0 Å². The van der Waals surface area contributed by atoms with Crippen molar-refractivity contribution in [2.75, 3.05) is 11.9 Å². The Morgan fingerprint density at radius 3 is 2.68 bits per heavy atom. The summed E-state index contributed by atoms with van der Waals surface area (Å²) in [4.78, 5) is 48.6. The average molecular weight is 479 g/mol. The van der Waals surface area contributed by atoms with E-state index in [9.17, 15) is 14.4 Å². The molecule has 1 atom stereocenters. The molecule has 0 saturated carbocycles. The van der Waals surface area contributed by atoms with Crippen molar-refractivity contribution in [3.05, 3.63) is 65.2 Å². The molecule has 9 nitrogen and oxygen atoms in total. The highest BCUT2D eigenvalue weighted by atomic mass is 32.1. The molecule has 1 amide bonds. The van der Waals surface area contributed by atoms with Crippen molar-refractivity contribution in [2.45, 2.75) is 26.4 Å². The number of fused-ring (bicyclic) bond motifs is 1. The molecule has 2 heterocycles. The minimum Gasteiger partial charge on any atom is -0.466 e. The number of anilines is 1. The van der Waals surface area contributed by atoms with Gasteiger partial charge in [0.05, 0.1) is 35.3 Å². The van der Waals surface area contributed by atoms with Gasteiger partial charge in [-0.05, 0) is 32.0 Å². The lowest BCUT2D eigenvalue weighted by Gasteiger charge is -2.12. The molecule has 174 valence electrons. The molecule has 1 unspecified atom stereocenters. The minimum atomic E-state index is -1.05. The van der Waals surface area contributed by atoms with Crippen molar-refractivity contribution < 1.29 is 23.9 Å². The van der Waals surface area contributed by atoms with Gasteiger partial charge in [0.1, 0.15) is 5.82 Å². The Morgan fingerprint density at radius 1 is 1.12 bits per heavy atom. The lowest BCUT2D eigenvalue weighted by Crippen LogP contribution is -2.30. The number of aromatic nitrogens is 3. The third kappa shape index (κ3) is 5.46. The number of carbonyl (C=O) groups is 3. The van der Waals surface area contributed by atoms with Gasteiger partial charge in [0.2, 0.25) is 0 Å². The van der Waals surface area contributed by atoms with Gasteiger partial charge in [0.25, 0.3) is 5.91 Å². The first-order valence-corrected chi connectivity index (χ1v) is 11.5. The van der Waals surface area contributed by atoms with Crippen LogP contribution in [0.3, 0.4) is 0 Å². The molecule has 0 saturated heterocycles. The number of H-pyrrole nitrogens is 1. The Balaban J connectivity index is 1.37. The molecule has 0 aliphatic rings. The van der Waals surface area contributed by atoms with Crippen LogP contribution in [0.25, 0.3) is 22.4 Å². The summed E-state index contributed by atoms with van der Waals surface area (Å²) in [7, 11) is 0. The second-order valence-corrected chi connectivity index (χ2v) is 8.20. The number of thiazole rings is 1. The SMILES string of the molecule is CCOC(=O)Cc1csc(NC(=O)C(C)OC(=O)c2ccc3nc(-c4ccccc4)[nH]c3c2)n1. The summed E-state index contributed by atoms with van der Waals surface area (Å²) < 4.78 is 10.2. The standard InChI is InChI=1S/C24H22N4O5S/c1-3-32-20(29)12-17-13-34-24(25-17)28-22(30)14(2)33-23(31)16-9-10-18-19(11-16)27-21(26-18)15-7-5-4-6-8-15/h4-11,13-14H,3,12H2,1-2H3,(H,26,27)(H,25,28,30). The summed E-state index contributed by atoms with van der Waals surface area (Å²) in [6.45, 7) is 3.49. The summed E-state index contributed by atoms with van der Waals surface area (Å²) >= 11 is 1.17. The molecule has 0 radical (unpaired) electrons. The van der Waals surface area contributed by atoms with Crippen LogP contribution in [0.15, 0.2) is 53.9 Å². The highest BCUT2D eigenvalue weighted by molar-refractivity contribution is 7.13. The van der Waals surface area contributed by atoms with Crippen molar-refractivity contribution in [3.8, 4) is 11.4 Å². The number of imidazole rings is 1. The Labute approximate surface area is 199 Å². The van der Waals surface area contributed by atoms with Crippen LogP contribution < -0.4 is 5.32 Å². The second kappa shape index (κ2) is 10.3. The van der Waals surface area contributed by atoms with Crippen LogP contribution in [0.2, 0.25) is 0 Å². The Kier molecular flexibility index (Phi) is 6.98. The van der Waals surface area contributed by atoms with Crippen molar-refractivity contribution >= 4 is 45.3 Å². The molecule has 2 aromatic heterocycles. The molecule has 34 heavy (non-hydrogen) atoms. The normalized spacial score (nSPS) is 11.7. The fraction of sp³-hybridized carbons (Fsp3) is 0.208. The number of amides is 1. The second-order valence-electron chi connectivity index (χ2n) is 7.35. The number of nitrogens with one attached hydrogen (secondary N) is 2. The zero-order valence-corrected chi connectivity index (χ0v) is 19.3. The Morgan fingerprint density at radius 2 is 1.91 bits per heavy atom. The van der Waals surface area contributed by atoms with Gasteiger partial charge >= 0.3 is 11.9 Å². The summed E-state index contributed by atoms with van der Waals surface area (Å²) in [5, 5.41) is 4.56. The van der Waals surface area contributed by atoms with E-state index in [2.05, 4.69) is 20.3 Å². The topological polar surface area (TPSA) is 123 Å². The number of hydrogen-bond acceptors (Lipinski definition) is 8. The smallest absolute Gasteiger partial charge is 0.338 e. The minimum absolute atomic E-state index is 0.0206. The van der Waals surface area contributed by atoms with Crippen LogP contribution in [-0.2, 0) is 25.5 Å². The van der Waals surface area contributed by atoms with Crippen molar-refractivity contribution in [1.29, 1.82) is 0 Å². The van der Waals surface area contributed by atoms with Gasteiger partial charge in [0, 0.05) is 10.9 Å². The maximum atomic E-state index is 12.6. The van der Waals surface area contributed by atoms with Crippen molar-refractivity contribution in [2.24, 2.45) is 0 Å². The number of benzene rings is 2. The largest absolute Gasteiger partial charge is 0.466 e. The van der Waals surface area contributed by atoms with E-state index in [0.29, 0.717) is 33.2 Å². The maximum absolute atomic E-state index is 12.6. The van der Waals surface area contributed by atoms with Gasteiger partial charge in [-0.1, -0.05) is 30.3 Å². The number of hydrogen-bond donors (Lipinski definition) is 2. The highest BCUT2D eigenvalue weighted by Gasteiger charge is 2.21. The van der Waals surface area contributed by atoms with Crippen molar-refractivity contribution in [3.63, 3.8) is 0 Å². The van der Waals surface area contributed by atoms with Gasteiger partial charge in [0.15, 0.2) is 11.2 Å². The van der Waals surface area contributed by atoms with E-state index in [0.717, 1.165) is 5.56 Å². The van der Waals surface area contributed by atoms with Gasteiger partial charge < -0.3 is 14.5 Å². The summed E-state index contributed by atoms with van der Waals surface area (Å²) in [5.41, 5.74) is 3.11. The average Bonchev–Trinajstić information content (AvgIpc) is 3.45. The van der Waals surface area contributed by atoms with Crippen LogP contribution in [0.1, 0.15) is 29.9 Å². The van der Waals surface area contributed by atoms with Gasteiger partial charge in [-0.3, -0.25) is 14.9 Å². The molecule has 4 rings (SSSR count). The number of nitrogens with zero attached hydrogens (tertiary/aromatic N) is 2. The van der Waals surface area contributed by atoms with Gasteiger partial charge in [-0.15, -0.1) is 11.3 Å². The number of ether oxygens (including phenoxy) is 2. The summed E-state index contributed by atoms with van der Waals surface area (Å²) in [6.07, 6.45) is -1.03. The van der Waals surface area contributed by atoms with Gasteiger partial charge in [-0.2, -0.15) is 0 Å². The highest BCUT2D eigenvalue weighted by Crippen LogP contribution is 2.22. The lowest BCUT2D eigenvalue weighted by molar-refractivity contribution is -0.142. The molecule has 0 spiro atoms. The Bertz CT molecular complexity index is 1330. The summed E-state index contributed by atoms with van der Waals surface area (Å²) in [5.74, 6) is -0.861. The number of carbonyl (C=O) groups excluding carboxylic acids is 3. The predicted molar refractivity (Wildman–Crippen MR) is 127 cm³/mol. The summed E-state index contributed by atoms with van der Waals surface area (Å²) in [6, 6.07) is 14.6. The van der Waals surface area contributed by atoms with Gasteiger partial charge in [-0.25, -0.2) is 14.8 Å². The lowest BCUT2D eigenvalue weighted by atomic mass is 10.2. The number of rotatable bonds is 8. The zero-order valence-electron chi connectivity index (χ0n) is 18.5. The first kappa shape index (κ1) is 23.1. The van der Waals surface area contributed by atoms with E-state index in [4.69, 9.17) is 9.47 Å². The molecule has 10 heteroatoms. The number of esters is 2. The van der Waals surface area contributed by atoms with Crippen LogP contribution in [0.5, 0.6) is 0 Å². The molecule has 2 N–H and O–H groups in total. The molecule has 0 aliphatic carbocycles. The predicted octanol–water partition coefficient (Wildman–Crippen LogP) is 3.98. The molecule has 0 fully saturated rings. The zero-order chi connectivity index (χ0) is 24.1. The Hall–Kier alpha value is -4.05. The molecular formula is C24H22N4O5S. The molecule has 4 aromatic rings. The van der Waals surface area contributed by atoms with E-state index >= 15 is 0 Å². The van der Waals surface area contributed by atoms with E-state index in [1.165, 1.54) is 18.3 Å². The first-order chi connectivity index (χ1) is 16.4. The molecule has 0 bridgehead atoms. The monoisotopic (exact) mass is 478 g/mol. The van der Waals surface area contributed by atoms with E-state index in [1.807, 2.05) is 30.3 Å². The fourth-order valence-corrected chi connectivity index (χ4v) is 3.88. The van der Waals surface area contributed by atoms with Crippen LogP contribution in [-0.4, -0.2) is 45.5 Å². The third-order valence-corrected chi connectivity index (χ3v) is 5.64. The molecular weight excluding hydrogens is 456 g/mol. The van der Waals surface area contributed by atoms with E-state index in [-0.39, 0.29) is 13.0 Å². The quantitative estimate of drug-likeness (QED) is 0.367. The first-order valence-electron chi connectivity index (χ1n) is 10.6.